The minimum absolute atomic E-state index is 0.0446. The van der Waals surface area contributed by atoms with Gasteiger partial charge < -0.3 is 20.6 Å². The van der Waals surface area contributed by atoms with Gasteiger partial charge in [-0.2, -0.15) is 0 Å². The number of amides is 1. The van der Waals surface area contributed by atoms with Gasteiger partial charge in [-0.05, 0) is 116 Å². The fourth-order valence-electron chi connectivity index (χ4n) is 5.77. The standard InChI is InChI=1S/C30H36BrN5O2/c1-19-17-22(20-11-13-36(14-12-20)15-16-37)8-9-24(19)34-29-32-18-23(31)25(35-29)10-7-21-5-4-6-26-27(21)30(2,3)28(38)33-26/h4-6,8-9,17-18,20,37H,7,10-16H2,1-3H3,(H,33,38)(H,32,34,35). The third-order valence-electron chi connectivity index (χ3n) is 8.01. The Bertz CT molecular complexity index is 1330. The van der Waals surface area contributed by atoms with Crippen molar-refractivity contribution in [3.05, 3.63) is 75.0 Å². The van der Waals surface area contributed by atoms with Crippen molar-refractivity contribution < 1.29 is 9.90 Å². The maximum absolute atomic E-state index is 12.5. The smallest absolute Gasteiger partial charge is 0.234 e. The summed E-state index contributed by atoms with van der Waals surface area (Å²) in [5.74, 6) is 1.18. The normalized spacial score (nSPS) is 17.3. The number of carbonyl (C=O) groups is 1. The minimum atomic E-state index is -0.540. The van der Waals surface area contributed by atoms with Gasteiger partial charge in [0.05, 0.1) is 22.2 Å². The van der Waals surface area contributed by atoms with Gasteiger partial charge in [0, 0.05) is 24.1 Å². The second-order valence-electron chi connectivity index (χ2n) is 10.9. The molecule has 3 heterocycles. The van der Waals surface area contributed by atoms with E-state index < -0.39 is 5.41 Å². The van der Waals surface area contributed by atoms with Crippen molar-refractivity contribution in [1.82, 2.24) is 14.9 Å². The van der Waals surface area contributed by atoms with Crippen LogP contribution in [0.3, 0.4) is 0 Å². The van der Waals surface area contributed by atoms with E-state index in [1.165, 1.54) is 16.7 Å². The molecule has 2 aliphatic rings. The molecule has 1 aromatic heterocycles. The summed E-state index contributed by atoms with van der Waals surface area (Å²) in [5, 5.41) is 15.6. The molecule has 200 valence electrons. The first-order chi connectivity index (χ1) is 18.3. The number of hydrogen-bond acceptors (Lipinski definition) is 6. The van der Waals surface area contributed by atoms with E-state index in [9.17, 15) is 9.90 Å². The number of nitrogens with one attached hydrogen (secondary N) is 2. The topological polar surface area (TPSA) is 90.4 Å². The van der Waals surface area contributed by atoms with E-state index >= 15 is 0 Å². The molecule has 0 atom stereocenters. The zero-order valence-corrected chi connectivity index (χ0v) is 23.9. The first-order valence-corrected chi connectivity index (χ1v) is 14.2. The Balaban J connectivity index is 1.27. The average Bonchev–Trinajstić information content (AvgIpc) is 3.14. The molecule has 5 rings (SSSR count). The molecule has 1 saturated heterocycles. The van der Waals surface area contributed by atoms with E-state index in [2.05, 4.69) is 67.6 Å². The van der Waals surface area contributed by atoms with Crippen LogP contribution in [0.5, 0.6) is 0 Å². The number of fused-ring (bicyclic) bond motifs is 1. The van der Waals surface area contributed by atoms with Crippen molar-refractivity contribution in [1.29, 1.82) is 0 Å². The summed E-state index contributed by atoms with van der Waals surface area (Å²) in [4.78, 5) is 24.1. The van der Waals surface area contributed by atoms with Crippen molar-refractivity contribution in [2.45, 2.75) is 57.8 Å². The highest BCUT2D eigenvalue weighted by molar-refractivity contribution is 9.10. The highest BCUT2D eigenvalue weighted by Crippen LogP contribution is 2.40. The summed E-state index contributed by atoms with van der Waals surface area (Å²) in [6.45, 7) is 9.16. The molecule has 0 unspecified atom stereocenters. The Morgan fingerprint density at radius 3 is 2.71 bits per heavy atom. The fourth-order valence-corrected chi connectivity index (χ4v) is 6.16. The van der Waals surface area contributed by atoms with Gasteiger partial charge in [0.25, 0.3) is 0 Å². The van der Waals surface area contributed by atoms with E-state index in [0.717, 1.165) is 72.4 Å². The highest BCUT2D eigenvalue weighted by Gasteiger charge is 2.39. The van der Waals surface area contributed by atoms with Crippen LogP contribution >= 0.6 is 15.9 Å². The first-order valence-electron chi connectivity index (χ1n) is 13.4. The lowest BCUT2D eigenvalue weighted by Crippen LogP contribution is -2.34. The molecule has 7 nitrogen and oxygen atoms in total. The van der Waals surface area contributed by atoms with Crippen molar-refractivity contribution in [2.24, 2.45) is 0 Å². The highest BCUT2D eigenvalue weighted by atomic mass is 79.9. The van der Waals surface area contributed by atoms with Crippen LogP contribution < -0.4 is 10.6 Å². The number of likely N-dealkylation sites (tertiary alicyclic amines) is 1. The lowest BCUT2D eigenvalue weighted by atomic mass is 9.82. The molecule has 0 saturated carbocycles. The lowest BCUT2D eigenvalue weighted by molar-refractivity contribution is -0.119. The summed E-state index contributed by atoms with van der Waals surface area (Å²) >= 11 is 3.63. The van der Waals surface area contributed by atoms with Gasteiger partial charge in [-0.3, -0.25) is 4.79 Å². The van der Waals surface area contributed by atoms with E-state index in [4.69, 9.17) is 4.98 Å². The Hall–Kier alpha value is -2.81. The summed E-state index contributed by atoms with van der Waals surface area (Å²) in [5.41, 5.74) is 7.11. The number of anilines is 3. The van der Waals surface area contributed by atoms with Gasteiger partial charge in [0.15, 0.2) is 0 Å². The number of piperidine rings is 1. The van der Waals surface area contributed by atoms with Crippen molar-refractivity contribution >= 4 is 39.2 Å². The Morgan fingerprint density at radius 1 is 1.18 bits per heavy atom. The van der Waals surface area contributed by atoms with Crippen LogP contribution in [0.4, 0.5) is 17.3 Å². The molecule has 3 aromatic rings. The first kappa shape index (κ1) is 26.8. The molecule has 1 fully saturated rings. The lowest BCUT2D eigenvalue weighted by Gasteiger charge is -2.32. The molecular weight excluding hydrogens is 542 g/mol. The number of aryl methyl sites for hydroxylation is 3. The number of carbonyl (C=O) groups excluding carboxylic acids is 1. The number of halogens is 1. The molecule has 0 radical (unpaired) electrons. The van der Waals surface area contributed by atoms with Gasteiger partial charge in [0.2, 0.25) is 11.9 Å². The van der Waals surface area contributed by atoms with Crippen LogP contribution in [0.1, 0.15) is 60.6 Å². The number of hydrogen-bond donors (Lipinski definition) is 3. The molecule has 2 aromatic carbocycles. The number of aliphatic hydroxyl groups is 1. The second kappa shape index (κ2) is 11.1. The average molecular weight is 579 g/mol. The van der Waals surface area contributed by atoms with Crippen molar-refractivity contribution in [2.75, 3.05) is 36.9 Å². The van der Waals surface area contributed by atoms with Crippen molar-refractivity contribution in [3.8, 4) is 0 Å². The summed E-state index contributed by atoms with van der Waals surface area (Å²) < 4.78 is 0.878. The van der Waals surface area contributed by atoms with E-state index in [1.54, 1.807) is 6.20 Å². The molecule has 0 aliphatic carbocycles. The molecule has 2 aliphatic heterocycles. The number of rotatable bonds is 8. The fraction of sp³-hybridized carbons (Fsp3) is 0.433. The van der Waals surface area contributed by atoms with E-state index in [0.29, 0.717) is 11.9 Å². The second-order valence-corrected chi connectivity index (χ2v) is 11.8. The Kier molecular flexibility index (Phi) is 7.84. The predicted octanol–water partition coefficient (Wildman–Crippen LogP) is 5.48. The number of aromatic nitrogens is 2. The third-order valence-corrected chi connectivity index (χ3v) is 8.67. The summed E-state index contributed by atoms with van der Waals surface area (Å²) in [6, 6.07) is 12.7. The zero-order valence-electron chi connectivity index (χ0n) is 22.4. The minimum Gasteiger partial charge on any atom is -0.395 e. The third kappa shape index (κ3) is 5.48. The van der Waals surface area contributed by atoms with Gasteiger partial charge >= 0.3 is 0 Å². The summed E-state index contributed by atoms with van der Waals surface area (Å²) in [7, 11) is 0. The van der Waals surface area contributed by atoms with Gasteiger partial charge in [0.1, 0.15) is 0 Å². The molecule has 1 amide bonds. The van der Waals surface area contributed by atoms with Crippen LogP contribution in [0.2, 0.25) is 0 Å². The van der Waals surface area contributed by atoms with Crippen LogP contribution in [0.15, 0.2) is 47.1 Å². The quantitative estimate of drug-likeness (QED) is 0.328. The van der Waals surface area contributed by atoms with Gasteiger partial charge in [-0.1, -0.05) is 24.3 Å². The molecular formula is C30H36BrN5O2. The maximum Gasteiger partial charge on any atom is 0.234 e. The largest absolute Gasteiger partial charge is 0.395 e. The Labute approximate surface area is 233 Å². The van der Waals surface area contributed by atoms with Crippen LogP contribution in [-0.4, -0.2) is 52.1 Å². The molecule has 0 spiro atoms. The van der Waals surface area contributed by atoms with Crippen LogP contribution in [-0.2, 0) is 23.1 Å². The van der Waals surface area contributed by atoms with Gasteiger partial charge in [-0.15, -0.1) is 0 Å². The number of nitrogens with zero attached hydrogens (tertiary/aromatic N) is 3. The Morgan fingerprint density at radius 2 is 1.97 bits per heavy atom. The maximum atomic E-state index is 12.5. The van der Waals surface area contributed by atoms with Crippen molar-refractivity contribution in [3.63, 3.8) is 0 Å². The monoisotopic (exact) mass is 577 g/mol. The number of benzene rings is 2. The predicted molar refractivity (Wildman–Crippen MR) is 155 cm³/mol. The van der Waals surface area contributed by atoms with Gasteiger partial charge in [-0.25, -0.2) is 9.97 Å². The SMILES string of the molecule is Cc1cc(C2CCN(CCO)CC2)ccc1Nc1ncc(Br)c(CCc2cccc3c2C(C)(C)C(=O)N3)n1. The van der Waals surface area contributed by atoms with Crippen LogP contribution in [0, 0.1) is 6.92 Å². The molecule has 38 heavy (non-hydrogen) atoms. The molecule has 0 bridgehead atoms. The van der Waals surface area contributed by atoms with E-state index in [1.807, 2.05) is 26.0 Å². The molecule has 3 N–H and O–H groups in total. The molecule has 8 heteroatoms. The zero-order chi connectivity index (χ0) is 26.9. The summed E-state index contributed by atoms with van der Waals surface area (Å²) in [6.07, 6.45) is 5.56. The van der Waals surface area contributed by atoms with E-state index in [-0.39, 0.29) is 12.5 Å². The van der Waals surface area contributed by atoms with Crippen LogP contribution in [0.25, 0.3) is 0 Å². The number of β-amino-alcohol motifs (C(OH)–C–C–N with tert-alkyl or cyclic N) is 1. The number of aliphatic hydroxyl groups excluding tert-OH is 1.